The van der Waals surface area contributed by atoms with E-state index in [-0.39, 0.29) is 20.9 Å². The van der Waals surface area contributed by atoms with Gasteiger partial charge in [-0.1, -0.05) is 62.7 Å². The molecule has 0 saturated heterocycles. The van der Waals surface area contributed by atoms with Crippen molar-refractivity contribution in [3.63, 3.8) is 0 Å². The van der Waals surface area contributed by atoms with Crippen molar-refractivity contribution in [1.82, 2.24) is 14.1 Å². The molecule has 170 valence electrons. The number of nitrogens with zero attached hydrogens (tertiary/aromatic N) is 3. The zero-order valence-electron chi connectivity index (χ0n) is 18.8. The van der Waals surface area contributed by atoms with Crippen molar-refractivity contribution in [3.05, 3.63) is 76.4 Å². The Kier molecular flexibility index (Phi) is 6.78. The number of amides is 1. The molecule has 1 N–H and O–H groups in total. The van der Waals surface area contributed by atoms with Gasteiger partial charge in [0, 0.05) is 31.1 Å². The van der Waals surface area contributed by atoms with Gasteiger partial charge in [0.2, 0.25) is 10.0 Å². The Balaban J connectivity index is 1.96. The van der Waals surface area contributed by atoms with Crippen LogP contribution in [-0.2, 0) is 22.0 Å². The molecule has 0 atom stereocenters. The van der Waals surface area contributed by atoms with Gasteiger partial charge in [-0.3, -0.25) is 4.79 Å². The minimum absolute atomic E-state index is 0.0550. The molecule has 0 fully saturated rings. The molecule has 1 heterocycles. The Hall–Kier alpha value is -2.68. The summed E-state index contributed by atoms with van der Waals surface area (Å²) in [4.78, 5) is 12.9. The molecule has 32 heavy (non-hydrogen) atoms. The summed E-state index contributed by atoms with van der Waals surface area (Å²) in [6, 6.07) is 15.8. The highest BCUT2D eigenvalue weighted by Gasteiger charge is 2.24. The molecule has 0 radical (unpaired) electrons. The molecular formula is C23H27ClN4O3S. The van der Waals surface area contributed by atoms with E-state index in [0.29, 0.717) is 12.4 Å². The second-order valence-electron chi connectivity index (χ2n) is 8.69. The monoisotopic (exact) mass is 474 g/mol. The molecule has 0 aliphatic heterocycles. The third-order valence-electron chi connectivity index (χ3n) is 4.92. The van der Waals surface area contributed by atoms with Crippen LogP contribution in [0.15, 0.2) is 59.5 Å². The van der Waals surface area contributed by atoms with Crippen molar-refractivity contribution in [3.8, 4) is 0 Å². The molecule has 1 aromatic heterocycles. The van der Waals surface area contributed by atoms with Crippen molar-refractivity contribution in [2.75, 3.05) is 19.4 Å². The summed E-state index contributed by atoms with van der Waals surface area (Å²) >= 11 is 6.11. The average molecular weight is 475 g/mol. The molecule has 0 aliphatic carbocycles. The van der Waals surface area contributed by atoms with Gasteiger partial charge < -0.3 is 5.32 Å². The number of benzene rings is 2. The molecule has 3 rings (SSSR count). The molecule has 3 aromatic rings. The third-order valence-corrected chi connectivity index (χ3v) is 7.21. The molecule has 0 bridgehead atoms. The second-order valence-corrected chi connectivity index (χ2v) is 11.2. The van der Waals surface area contributed by atoms with Crippen LogP contribution in [0.2, 0.25) is 5.02 Å². The average Bonchev–Trinajstić information content (AvgIpc) is 3.11. The van der Waals surface area contributed by atoms with E-state index in [0.717, 1.165) is 15.6 Å². The number of nitrogens with one attached hydrogen (secondary N) is 1. The smallest absolute Gasteiger partial charge is 0.256 e. The van der Waals surface area contributed by atoms with E-state index in [2.05, 4.69) is 5.32 Å². The summed E-state index contributed by atoms with van der Waals surface area (Å²) in [5, 5.41) is 7.63. The van der Waals surface area contributed by atoms with Crippen molar-refractivity contribution in [1.29, 1.82) is 0 Å². The minimum Gasteiger partial charge on any atom is -0.307 e. The summed E-state index contributed by atoms with van der Waals surface area (Å²) in [6.45, 7) is 6.62. The zero-order valence-corrected chi connectivity index (χ0v) is 20.3. The van der Waals surface area contributed by atoms with Crippen molar-refractivity contribution in [2.45, 2.75) is 37.6 Å². The number of anilines is 1. The van der Waals surface area contributed by atoms with Crippen LogP contribution in [0, 0.1) is 0 Å². The largest absolute Gasteiger partial charge is 0.307 e. The fraction of sp³-hybridized carbons (Fsp3) is 0.304. The van der Waals surface area contributed by atoms with Gasteiger partial charge in [0.15, 0.2) is 0 Å². The van der Waals surface area contributed by atoms with Crippen molar-refractivity contribution < 1.29 is 13.2 Å². The fourth-order valence-corrected chi connectivity index (χ4v) is 4.38. The van der Waals surface area contributed by atoms with E-state index in [9.17, 15) is 13.2 Å². The normalized spacial score (nSPS) is 12.2. The van der Waals surface area contributed by atoms with Crippen LogP contribution in [0.25, 0.3) is 0 Å². The van der Waals surface area contributed by atoms with Gasteiger partial charge in [-0.25, -0.2) is 17.4 Å². The Morgan fingerprint density at radius 2 is 1.75 bits per heavy atom. The lowest BCUT2D eigenvalue weighted by molar-refractivity contribution is 0.102. The maximum absolute atomic E-state index is 13.0. The molecular weight excluding hydrogens is 448 g/mol. The number of halogens is 1. The van der Waals surface area contributed by atoms with Crippen LogP contribution in [-0.4, -0.2) is 42.5 Å². The van der Waals surface area contributed by atoms with E-state index in [1.54, 1.807) is 4.68 Å². The quantitative estimate of drug-likeness (QED) is 0.574. The van der Waals surface area contributed by atoms with E-state index in [1.165, 1.54) is 32.3 Å². The number of hydrogen-bond donors (Lipinski definition) is 1. The Morgan fingerprint density at radius 1 is 1.09 bits per heavy atom. The van der Waals surface area contributed by atoms with Gasteiger partial charge in [-0.2, -0.15) is 5.10 Å². The minimum atomic E-state index is -3.80. The standard InChI is InChI=1S/C23H27ClN4O3S/c1-23(2,3)20-14-21(28(26-20)15-16-9-7-6-8-10-16)25-22(29)17-11-12-18(24)19(13-17)32(30,31)27(4)5/h6-14H,15H2,1-5H3,(H,25,29). The summed E-state index contributed by atoms with van der Waals surface area (Å²) in [5.74, 6) is 0.0716. The number of rotatable bonds is 6. The fourth-order valence-electron chi connectivity index (χ4n) is 2.99. The van der Waals surface area contributed by atoms with Crippen LogP contribution in [0.1, 0.15) is 42.4 Å². The molecule has 0 aliphatic rings. The number of aromatic nitrogens is 2. The molecule has 7 nitrogen and oxygen atoms in total. The first-order valence-corrected chi connectivity index (χ1v) is 11.9. The highest BCUT2D eigenvalue weighted by molar-refractivity contribution is 7.89. The molecule has 1 amide bonds. The van der Waals surface area contributed by atoms with Crippen LogP contribution >= 0.6 is 11.6 Å². The summed E-state index contributed by atoms with van der Waals surface area (Å²) in [7, 11) is -0.974. The van der Waals surface area contributed by atoms with E-state index >= 15 is 0 Å². The van der Waals surface area contributed by atoms with Gasteiger partial charge in [0.1, 0.15) is 10.7 Å². The number of sulfonamides is 1. The second kappa shape index (κ2) is 9.05. The maximum atomic E-state index is 13.0. The van der Waals surface area contributed by atoms with Gasteiger partial charge in [0.25, 0.3) is 5.91 Å². The third kappa shape index (κ3) is 5.20. The van der Waals surface area contributed by atoms with Gasteiger partial charge in [0.05, 0.1) is 17.3 Å². The molecule has 9 heteroatoms. The summed E-state index contributed by atoms with van der Waals surface area (Å²) in [6.07, 6.45) is 0. The molecule has 0 unspecified atom stereocenters. The van der Waals surface area contributed by atoms with Gasteiger partial charge >= 0.3 is 0 Å². The Bertz CT molecular complexity index is 1230. The number of hydrogen-bond acceptors (Lipinski definition) is 4. The van der Waals surface area contributed by atoms with Gasteiger partial charge in [-0.05, 0) is 23.8 Å². The zero-order chi connectivity index (χ0) is 23.7. The first-order chi connectivity index (χ1) is 14.9. The predicted octanol–water partition coefficient (Wildman–Crippen LogP) is 4.38. The summed E-state index contributed by atoms with van der Waals surface area (Å²) < 4.78 is 27.9. The van der Waals surface area contributed by atoms with E-state index < -0.39 is 15.9 Å². The lowest BCUT2D eigenvalue weighted by atomic mass is 9.92. The van der Waals surface area contributed by atoms with Crippen LogP contribution in [0.4, 0.5) is 5.82 Å². The number of carbonyl (C=O) groups is 1. The van der Waals surface area contributed by atoms with E-state index in [1.807, 2.05) is 57.2 Å². The first kappa shape index (κ1) is 24.0. The van der Waals surface area contributed by atoms with Crippen molar-refractivity contribution in [2.24, 2.45) is 0 Å². The SMILES string of the molecule is CN(C)S(=O)(=O)c1cc(C(=O)Nc2cc(C(C)(C)C)nn2Cc2ccccc2)ccc1Cl. The lowest BCUT2D eigenvalue weighted by Crippen LogP contribution is -2.23. The molecule has 0 saturated carbocycles. The maximum Gasteiger partial charge on any atom is 0.256 e. The highest BCUT2D eigenvalue weighted by atomic mass is 35.5. The van der Waals surface area contributed by atoms with Crippen LogP contribution in [0.3, 0.4) is 0 Å². The topological polar surface area (TPSA) is 84.3 Å². The first-order valence-electron chi connectivity index (χ1n) is 10.1. The van der Waals surface area contributed by atoms with Gasteiger partial charge in [-0.15, -0.1) is 0 Å². The molecule has 2 aromatic carbocycles. The highest BCUT2D eigenvalue weighted by Crippen LogP contribution is 2.27. The van der Waals surface area contributed by atoms with Crippen molar-refractivity contribution >= 4 is 33.3 Å². The molecule has 0 spiro atoms. The Morgan fingerprint density at radius 3 is 2.34 bits per heavy atom. The summed E-state index contributed by atoms with van der Waals surface area (Å²) in [5.41, 5.74) is 1.84. The predicted molar refractivity (Wildman–Crippen MR) is 127 cm³/mol. The van der Waals surface area contributed by atoms with E-state index in [4.69, 9.17) is 16.7 Å². The number of carbonyl (C=O) groups excluding carboxylic acids is 1. The van der Waals surface area contributed by atoms with Crippen LogP contribution in [0.5, 0.6) is 0 Å². The Labute approximate surface area is 194 Å². The van der Waals surface area contributed by atoms with Crippen LogP contribution < -0.4 is 5.32 Å². The lowest BCUT2D eigenvalue weighted by Gasteiger charge is -2.14.